The molecule has 6 nitrogen and oxygen atoms in total. The fourth-order valence-corrected chi connectivity index (χ4v) is 1.88. The van der Waals surface area contributed by atoms with Gasteiger partial charge >= 0.3 is 5.69 Å². The minimum atomic E-state index is -0.593. The van der Waals surface area contributed by atoms with Gasteiger partial charge in [0, 0.05) is 13.2 Å². The first-order chi connectivity index (χ1) is 9.43. The number of aryl methyl sites for hydroxylation is 1. The third kappa shape index (κ3) is 2.42. The van der Waals surface area contributed by atoms with Gasteiger partial charge in [0.1, 0.15) is 5.69 Å². The highest BCUT2D eigenvalue weighted by molar-refractivity contribution is 5.32. The number of methoxy groups -OCH3 is 1. The zero-order valence-corrected chi connectivity index (χ0v) is 11.1. The molecule has 1 heterocycles. The summed E-state index contributed by atoms with van der Waals surface area (Å²) in [6.45, 7) is -0.0581. The van der Waals surface area contributed by atoms with E-state index < -0.39 is 17.1 Å². The number of hydrogen-bond acceptors (Lipinski definition) is 4. The molecule has 0 saturated heterocycles. The fraction of sp³-hybridized carbons (Fsp3) is 0.231. The van der Waals surface area contributed by atoms with Crippen LogP contribution in [0.1, 0.15) is 5.56 Å². The molecule has 1 aromatic carbocycles. The Kier molecular flexibility index (Phi) is 3.60. The Morgan fingerprint density at radius 1 is 1.35 bits per heavy atom. The van der Waals surface area contributed by atoms with Gasteiger partial charge in [0.25, 0.3) is 5.56 Å². The largest absolute Gasteiger partial charge is 0.494 e. The van der Waals surface area contributed by atoms with Crippen molar-refractivity contribution in [2.45, 2.75) is 6.54 Å². The van der Waals surface area contributed by atoms with Crippen LogP contribution in [0.15, 0.2) is 34.0 Å². The van der Waals surface area contributed by atoms with Crippen LogP contribution in [0, 0.1) is 5.82 Å². The van der Waals surface area contributed by atoms with Crippen molar-refractivity contribution in [2.24, 2.45) is 7.05 Å². The van der Waals surface area contributed by atoms with Crippen molar-refractivity contribution in [2.75, 3.05) is 12.8 Å². The highest BCUT2D eigenvalue weighted by Crippen LogP contribution is 2.17. The van der Waals surface area contributed by atoms with Crippen molar-refractivity contribution < 1.29 is 9.13 Å². The van der Waals surface area contributed by atoms with Crippen molar-refractivity contribution in [3.8, 4) is 5.75 Å². The van der Waals surface area contributed by atoms with Gasteiger partial charge in [-0.1, -0.05) is 6.07 Å². The summed E-state index contributed by atoms with van der Waals surface area (Å²) in [4.78, 5) is 23.8. The standard InChI is InChI=1S/C13H14FN3O3/c1-16-7-10(15)12(18)17(13(16)19)6-8-3-4-11(20-2)9(14)5-8/h3-5,7H,6,15H2,1-2H3. The molecule has 0 aliphatic carbocycles. The number of hydrogen-bond donors (Lipinski definition) is 1. The van der Waals surface area contributed by atoms with Crippen LogP contribution in [0.5, 0.6) is 5.75 Å². The van der Waals surface area contributed by atoms with E-state index in [1.54, 1.807) is 6.07 Å². The second-order valence-electron chi connectivity index (χ2n) is 4.34. The van der Waals surface area contributed by atoms with E-state index in [4.69, 9.17) is 10.5 Å². The Labute approximate surface area is 113 Å². The van der Waals surface area contributed by atoms with Crippen LogP contribution in [0.2, 0.25) is 0 Å². The van der Waals surface area contributed by atoms with Crippen molar-refractivity contribution in [1.82, 2.24) is 9.13 Å². The molecule has 0 radical (unpaired) electrons. The lowest BCUT2D eigenvalue weighted by atomic mass is 10.2. The predicted octanol–water partition coefficient (Wildman–Crippen LogP) is 0.325. The summed E-state index contributed by atoms with van der Waals surface area (Å²) in [5.74, 6) is -0.458. The third-order valence-corrected chi connectivity index (χ3v) is 2.91. The molecule has 1 aromatic heterocycles. The highest BCUT2D eigenvalue weighted by Gasteiger charge is 2.10. The number of nitrogens with two attached hydrogens (primary N) is 1. The van der Waals surface area contributed by atoms with Crippen LogP contribution in [-0.2, 0) is 13.6 Å². The van der Waals surface area contributed by atoms with Crippen molar-refractivity contribution >= 4 is 5.69 Å². The van der Waals surface area contributed by atoms with Gasteiger partial charge in [-0.05, 0) is 17.7 Å². The maximum Gasteiger partial charge on any atom is 0.331 e. The molecular formula is C13H14FN3O3. The number of benzene rings is 1. The second kappa shape index (κ2) is 5.20. The SMILES string of the molecule is COc1ccc(Cn2c(=O)c(N)cn(C)c2=O)cc1F. The van der Waals surface area contributed by atoms with E-state index in [1.165, 1.54) is 37.1 Å². The molecule has 0 atom stereocenters. The molecule has 2 rings (SSSR count). The van der Waals surface area contributed by atoms with Crippen LogP contribution >= 0.6 is 0 Å². The Bertz CT molecular complexity index is 730. The van der Waals surface area contributed by atoms with Gasteiger partial charge in [-0.2, -0.15) is 0 Å². The molecule has 7 heteroatoms. The first-order valence-corrected chi connectivity index (χ1v) is 5.82. The summed E-state index contributed by atoms with van der Waals surface area (Å²) in [6, 6.07) is 4.23. The van der Waals surface area contributed by atoms with Crippen molar-refractivity contribution in [1.29, 1.82) is 0 Å². The maximum atomic E-state index is 13.6. The van der Waals surface area contributed by atoms with Gasteiger partial charge in [0.2, 0.25) is 0 Å². The lowest BCUT2D eigenvalue weighted by Crippen LogP contribution is -2.39. The lowest BCUT2D eigenvalue weighted by molar-refractivity contribution is 0.386. The molecule has 2 N–H and O–H groups in total. The van der Waals surface area contributed by atoms with E-state index in [0.29, 0.717) is 5.56 Å². The molecule has 0 spiro atoms. The number of ether oxygens (including phenoxy) is 1. The molecule has 0 bridgehead atoms. The Hall–Kier alpha value is -2.57. The van der Waals surface area contributed by atoms with E-state index in [0.717, 1.165) is 4.57 Å². The number of anilines is 1. The van der Waals surface area contributed by atoms with Gasteiger partial charge in [0.05, 0.1) is 13.7 Å². The summed E-state index contributed by atoms with van der Waals surface area (Å²) in [5, 5.41) is 0. The summed E-state index contributed by atoms with van der Waals surface area (Å²) in [5.41, 5.74) is 4.85. The molecule has 0 amide bonds. The van der Waals surface area contributed by atoms with E-state index in [9.17, 15) is 14.0 Å². The molecule has 0 fully saturated rings. The lowest BCUT2D eigenvalue weighted by Gasteiger charge is -2.09. The molecule has 20 heavy (non-hydrogen) atoms. The average molecular weight is 279 g/mol. The summed E-state index contributed by atoms with van der Waals surface area (Å²) < 4.78 is 20.6. The maximum absolute atomic E-state index is 13.6. The quantitative estimate of drug-likeness (QED) is 0.878. The van der Waals surface area contributed by atoms with Crippen molar-refractivity contribution in [3.63, 3.8) is 0 Å². The van der Waals surface area contributed by atoms with Gasteiger partial charge in [0.15, 0.2) is 11.6 Å². The first kappa shape index (κ1) is 13.9. The number of nitrogen functional groups attached to an aromatic ring is 1. The van der Waals surface area contributed by atoms with E-state index in [1.807, 2.05) is 0 Å². The summed E-state index contributed by atoms with van der Waals surface area (Å²) in [7, 11) is 2.85. The van der Waals surface area contributed by atoms with Crippen LogP contribution in [-0.4, -0.2) is 16.2 Å². The summed E-state index contributed by atoms with van der Waals surface area (Å²) in [6.07, 6.45) is 1.26. The Balaban J connectivity index is 2.48. The first-order valence-electron chi connectivity index (χ1n) is 5.82. The second-order valence-corrected chi connectivity index (χ2v) is 4.34. The minimum Gasteiger partial charge on any atom is -0.494 e. The number of rotatable bonds is 3. The monoisotopic (exact) mass is 279 g/mol. The van der Waals surface area contributed by atoms with Crippen molar-refractivity contribution in [3.05, 3.63) is 56.6 Å². The number of nitrogens with zero attached hydrogens (tertiary/aromatic N) is 2. The molecule has 2 aromatic rings. The van der Waals surface area contributed by atoms with E-state index in [-0.39, 0.29) is 18.0 Å². The normalized spacial score (nSPS) is 10.6. The van der Waals surface area contributed by atoms with E-state index in [2.05, 4.69) is 0 Å². The third-order valence-electron chi connectivity index (χ3n) is 2.91. The van der Waals surface area contributed by atoms with Gasteiger partial charge in [-0.3, -0.25) is 9.36 Å². The van der Waals surface area contributed by atoms with Gasteiger partial charge in [-0.25, -0.2) is 9.18 Å². The predicted molar refractivity (Wildman–Crippen MR) is 72.4 cm³/mol. The van der Waals surface area contributed by atoms with E-state index >= 15 is 0 Å². The minimum absolute atomic E-state index is 0.0407. The van der Waals surface area contributed by atoms with Crippen LogP contribution in [0.4, 0.5) is 10.1 Å². The fourth-order valence-electron chi connectivity index (χ4n) is 1.88. The van der Waals surface area contributed by atoms with Crippen LogP contribution in [0.25, 0.3) is 0 Å². The summed E-state index contributed by atoms with van der Waals surface area (Å²) >= 11 is 0. The number of aromatic nitrogens is 2. The molecule has 106 valence electrons. The molecule has 0 unspecified atom stereocenters. The molecule has 0 aliphatic heterocycles. The number of halogens is 1. The highest BCUT2D eigenvalue weighted by atomic mass is 19.1. The van der Waals surface area contributed by atoms with Gasteiger partial charge < -0.3 is 15.0 Å². The zero-order valence-electron chi connectivity index (χ0n) is 11.1. The molecule has 0 aliphatic rings. The average Bonchev–Trinajstić information content (AvgIpc) is 2.41. The topological polar surface area (TPSA) is 79.2 Å². The smallest absolute Gasteiger partial charge is 0.331 e. The zero-order chi connectivity index (χ0) is 14.9. The molecule has 0 saturated carbocycles. The van der Waals surface area contributed by atoms with Gasteiger partial charge in [-0.15, -0.1) is 0 Å². The molecular weight excluding hydrogens is 265 g/mol. The van der Waals surface area contributed by atoms with Crippen LogP contribution < -0.4 is 21.7 Å². The Morgan fingerprint density at radius 2 is 2.05 bits per heavy atom. The van der Waals surface area contributed by atoms with Crippen LogP contribution in [0.3, 0.4) is 0 Å². The Morgan fingerprint density at radius 3 is 2.65 bits per heavy atom.